The molecule has 1 N–H and O–H groups in total. The highest BCUT2D eigenvalue weighted by molar-refractivity contribution is 5.79. The van der Waals surface area contributed by atoms with E-state index < -0.39 is 35.4 Å². The van der Waals surface area contributed by atoms with E-state index in [4.69, 9.17) is 4.74 Å². The number of carbonyl (C=O) groups excluding carboxylic acids is 2. The summed E-state index contributed by atoms with van der Waals surface area (Å²) in [5.74, 6) is -4.32. The van der Waals surface area contributed by atoms with Crippen molar-refractivity contribution in [1.29, 1.82) is 0 Å². The number of benzene rings is 1. The Labute approximate surface area is 201 Å². The molecule has 0 aromatic heterocycles. The minimum atomic E-state index is -4.78. The maximum absolute atomic E-state index is 14.6. The second-order valence-corrected chi connectivity index (χ2v) is 8.93. The van der Waals surface area contributed by atoms with E-state index in [-0.39, 0.29) is 24.4 Å². The first kappa shape index (κ1) is 28.7. The van der Waals surface area contributed by atoms with Crippen molar-refractivity contribution in [3.8, 4) is 0 Å². The van der Waals surface area contributed by atoms with Gasteiger partial charge in [-0.25, -0.2) is 0 Å². The molecule has 0 aliphatic carbocycles. The Morgan fingerprint density at radius 1 is 1.14 bits per heavy atom. The molecule has 1 aromatic carbocycles. The number of ether oxygens (including phenoxy) is 1. The third-order valence-corrected chi connectivity index (χ3v) is 5.73. The average molecular weight is 506 g/mol. The number of alkyl halides is 5. The van der Waals surface area contributed by atoms with Crippen molar-refractivity contribution in [1.82, 2.24) is 4.90 Å². The summed E-state index contributed by atoms with van der Waals surface area (Å²) in [7, 11) is 0. The summed E-state index contributed by atoms with van der Waals surface area (Å²) in [6.07, 6.45) is -1.28. The molecule has 1 fully saturated rings. The number of esters is 1. The Morgan fingerprint density at radius 3 is 2.46 bits per heavy atom. The number of likely N-dealkylation sites (tertiary alicyclic amines) is 1. The van der Waals surface area contributed by atoms with Crippen LogP contribution in [0, 0.1) is 0 Å². The highest BCUT2D eigenvalue weighted by atomic mass is 19.4. The van der Waals surface area contributed by atoms with Gasteiger partial charge in [0.2, 0.25) is 5.91 Å². The summed E-state index contributed by atoms with van der Waals surface area (Å²) in [6, 6.07) is 2.23. The summed E-state index contributed by atoms with van der Waals surface area (Å²) in [6.45, 7) is 3.97. The van der Waals surface area contributed by atoms with E-state index >= 15 is 0 Å². The summed E-state index contributed by atoms with van der Waals surface area (Å²) >= 11 is 0. The van der Waals surface area contributed by atoms with Gasteiger partial charge in [0, 0.05) is 24.9 Å². The molecule has 1 amide bonds. The molecule has 1 heterocycles. The highest BCUT2D eigenvalue weighted by Crippen LogP contribution is 2.37. The van der Waals surface area contributed by atoms with Gasteiger partial charge in [-0.3, -0.25) is 9.59 Å². The first-order valence-electron chi connectivity index (χ1n) is 11.7. The Kier molecular flexibility index (Phi) is 10.2. The molecular formula is C25H32F5NO4. The van der Waals surface area contributed by atoms with Crippen LogP contribution in [0.1, 0.15) is 69.9 Å². The number of rotatable bonds is 12. The molecule has 0 saturated carbocycles. The molecule has 10 heteroatoms. The van der Waals surface area contributed by atoms with Gasteiger partial charge in [0.1, 0.15) is 6.10 Å². The van der Waals surface area contributed by atoms with Crippen LogP contribution in [-0.2, 0) is 26.4 Å². The molecule has 0 bridgehead atoms. The van der Waals surface area contributed by atoms with E-state index in [1.54, 1.807) is 18.7 Å². The summed E-state index contributed by atoms with van der Waals surface area (Å²) in [4.78, 5) is 25.3. The van der Waals surface area contributed by atoms with Gasteiger partial charge >= 0.3 is 18.1 Å². The van der Waals surface area contributed by atoms with Crippen LogP contribution in [0.2, 0.25) is 0 Å². The SMILES string of the molecule is CC(C)OC(=O)CCCCCCN1C(=O)CC[C@@H]1C=C[C@@H](O)C(F)(F)c1cccc(C(F)(F)F)c1. The van der Waals surface area contributed by atoms with Crippen LogP contribution in [0.5, 0.6) is 0 Å². The Hall–Kier alpha value is -2.49. The van der Waals surface area contributed by atoms with Crippen molar-refractivity contribution in [2.45, 2.75) is 89.1 Å². The number of amides is 1. The van der Waals surface area contributed by atoms with Crippen molar-refractivity contribution in [2.75, 3.05) is 6.54 Å². The second kappa shape index (κ2) is 12.5. The van der Waals surface area contributed by atoms with Gasteiger partial charge in [-0.1, -0.05) is 37.1 Å². The van der Waals surface area contributed by atoms with Crippen LogP contribution in [-0.4, -0.2) is 46.7 Å². The maximum atomic E-state index is 14.6. The van der Waals surface area contributed by atoms with E-state index in [2.05, 4.69) is 0 Å². The molecule has 1 aromatic rings. The third kappa shape index (κ3) is 8.59. The number of aliphatic hydroxyl groups excluding tert-OH is 1. The lowest BCUT2D eigenvalue weighted by Gasteiger charge is -2.24. The van der Waals surface area contributed by atoms with Gasteiger partial charge in [0.25, 0.3) is 0 Å². The van der Waals surface area contributed by atoms with Gasteiger partial charge in [-0.2, -0.15) is 22.0 Å². The molecule has 196 valence electrons. The number of aliphatic hydroxyl groups is 1. The monoisotopic (exact) mass is 505 g/mol. The zero-order valence-corrected chi connectivity index (χ0v) is 19.9. The fourth-order valence-corrected chi connectivity index (χ4v) is 3.90. The highest BCUT2D eigenvalue weighted by Gasteiger charge is 2.41. The van der Waals surface area contributed by atoms with Gasteiger partial charge in [-0.15, -0.1) is 0 Å². The second-order valence-electron chi connectivity index (χ2n) is 8.93. The number of hydrogen-bond donors (Lipinski definition) is 1. The standard InChI is InChI=1S/C25H32F5NO4/c1-17(2)35-23(34)10-5-3-4-6-15-31-20(12-14-22(31)33)11-13-21(32)24(26,27)18-8-7-9-19(16-18)25(28,29)30/h7-9,11,13,16-17,20-21,32H,3-6,10,12,14-15H2,1-2H3/t20-,21+/m0/s1. The molecule has 35 heavy (non-hydrogen) atoms. The Morgan fingerprint density at radius 2 is 1.80 bits per heavy atom. The Bertz CT molecular complexity index is 885. The fraction of sp³-hybridized carbons (Fsp3) is 0.600. The molecule has 2 rings (SSSR count). The van der Waals surface area contributed by atoms with Crippen LogP contribution in [0.15, 0.2) is 36.4 Å². The minimum Gasteiger partial charge on any atom is -0.463 e. The maximum Gasteiger partial charge on any atom is 0.416 e. The average Bonchev–Trinajstić information content (AvgIpc) is 3.12. The van der Waals surface area contributed by atoms with Crippen molar-refractivity contribution >= 4 is 11.9 Å². The molecule has 0 spiro atoms. The lowest BCUT2D eigenvalue weighted by Crippen LogP contribution is -2.34. The molecule has 5 nitrogen and oxygen atoms in total. The van der Waals surface area contributed by atoms with E-state index in [1.807, 2.05) is 0 Å². The Balaban J connectivity index is 1.89. The summed E-state index contributed by atoms with van der Waals surface area (Å²) in [5, 5.41) is 10.0. The molecule has 1 aliphatic rings. The predicted octanol–water partition coefficient (Wildman–Crippen LogP) is 5.61. The van der Waals surface area contributed by atoms with Crippen molar-refractivity contribution < 1.29 is 41.4 Å². The van der Waals surface area contributed by atoms with E-state index in [0.717, 1.165) is 31.1 Å². The fourth-order valence-electron chi connectivity index (χ4n) is 3.90. The van der Waals surface area contributed by atoms with E-state index in [1.165, 1.54) is 6.08 Å². The quantitative estimate of drug-likeness (QED) is 0.174. The summed E-state index contributed by atoms with van der Waals surface area (Å²) < 4.78 is 72.9. The van der Waals surface area contributed by atoms with Crippen LogP contribution in [0.4, 0.5) is 22.0 Å². The lowest BCUT2D eigenvalue weighted by atomic mass is 9.99. The number of unbranched alkanes of at least 4 members (excludes halogenated alkanes) is 3. The molecule has 1 aliphatic heterocycles. The largest absolute Gasteiger partial charge is 0.463 e. The van der Waals surface area contributed by atoms with Crippen molar-refractivity contribution in [3.63, 3.8) is 0 Å². The first-order chi connectivity index (χ1) is 16.3. The van der Waals surface area contributed by atoms with E-state index in [0.29, 0.717) is 44.4 Å². The smallest absolute Gasteiger partial charge is 0.416 e. The molecule has 2 atom stereocenters. The molecular weight excluding hydrogens is 473 g/mol. The molecule has 0 unspecified atom stereocenters. The lowest BCUT2D eigenvalue weighted by molar-refractivity contribution is -0.147. The van der Waals surface area contributed by atoms with Crippen molar-refractivity contribution in [2.24, 2.45) is 0 Å². The van der Waals surface area contributed by atoms with Gasteiger partial charge in [0.05, 0.1) is 17.7 Å². The van der Waals surface area contributed by atoms with Gasteiger partial charge in [-0.05, 0) is 45.2 Å². The van der Waals surface area contributed by atoms with Gasteiger partial charge in [0.15, 0.2) is 0 Å². The van der Waals surface area contributed by atoms with Crippen LogP contribution in [0.25, 0.3) is 0 Å². The topological polar surface area (TPSA) is 66.8 Å². The van der Waals surface area contributed by atoms with Crippen LogP contribution < -0.4 is 0 Å². The van der Waals surface area contributed by atoms with Gasteiger partial charge < -0.3 is 14.7 Å². The zero-order valence-electron chi connectivity index (χ0n) is 19.9. The summed E-state index contributed by atoms with van der Waals surface area (Å²) in [5.41, 5.74) is -2.17. The normalized spacial score (nSPS) is 18.0. The number of hydrogen-bond acceptors (Lipinski definition) is 4. The molecule has 0 radical (unpaired) electrons. The number of nitrogens with zero attached hydrogens (tertiary/aromatic N) is 1. The van der Waals surface area contributed by atoms with Crippen LogP contribution in [0.3, 0.4) is 0 Å². The first-order valence-corrected chi connectivity index (χ1v) is 11.7. The van der Waals surface area contributed by atoms with E-state index in [9.17, 15) is 36.6 Å². The number of halogens is 5. The minimum absolute atomic E-state index is 0.126. The van der Waals surface area contributed by atoms with Crippen molar-refractivity contribution in [3.05, 3.63) is 47.5 Å². The van der Waals surface area contributed by atoms with Crippen LogP contribution >= 0.6 is 0 Å². The third-order valence-electron chi connectivity index (χ3n) is 5.73. The zero-order chi connectivity index (χ0) is 26.2. The predicted molar refractivity (Wildman–Crippen MR) is 120 cm³/mol. The number of carbonyl (C=O) groups is 2. The molecule has 1 saturated heterocycles.